The lowest BCUT2D eigenvalue weighted by Crippen LogP contribution is -2.21. The fourth-order valence-corrected chi connectivity index (χ4v) is 2.05. The maximum absolute atomic E-state index is 12.8. The van der Waals surface area contributed by atoms with Crippen LogP contribution in [0.2, 0.25) is 0 Å². The van der Waals surface area contributed by atoms with E-state index < -0.39 is 12.8 Å². The molecule has 0 fully saturated rings. The van der Waals surface area contributed by atoms with Gasteiger partial charge in [-0.05, 0) is 11.1 Å². The van der Waals surface area contributed by atoms with E-state index in [-0.39, 0.29) is 5.92 Å². The molecule has 88 valence electrons. The van der Waals surface area contributed by atoms with E-state index in [1.165, 1.54) is 0 Å². The number of aliphatic hydroxyl groups excluding tert-OH is 1. The van der Waals surface area contributed by atoms with Crippen LogP contribution >= 0.6 is 0 Å². The zero-order valence-corrected chi connectivity index (χ0v) is 9.46. The Morgan fingerprint density at radius 3 is 1.59 bits per heavy atom. The Morgan fingerprint density at radius 1 is 0.824 bits per heavy atom. The molecule has 0 bridgehead atoms. The minimum atomic E-state index is -1.00. The number of halogens is 1. The fourth-order valence-electron chi connectivity index (χ4n) is 2.05. The zero-order chi connectivity index (χ0) is 12.1. The smallest absolute Gasteiger partial charge is 0.116 e. The summed E-state index contributed by atoms with van der Waals surface area (Å²) in [7, 11) is 0. The van der Waals surface area contributed by atoms with Crippen molar-refractivity contribution in [3.8, 4) is 0 Å². The summed E-state index contributed by atoms with van der Waals surface area (Å²) in [4.78, 5) is 0. The van der Waals surface area contributed by atoms with Crippen molar-refractivity contribution in [1.82, 2.24) is 0 Å². The Hall–Kier alpha value is -1.67. The van der Waals surface area contributed by atoms with E-state index >= 15 is 0 Å². The van der Waals surface area contributed by atoms with Crippen LogP contribution in [-0.2, 0) is 0 Å². The van der Waals surface area contributed by atoms with Crippen LogP contribution in [0, 0.1) is 0 Å². The van der Waals surface area contributed by atoms with Gasteiger partial charge in [0.05, 0.1) is 6.10 Å². The molecule has 2 aromatic rings. The quantitative estimate of drug-likeness (QED) is 0.855. The molecule has 1 atom stereocenters. The molecule has 17 heavy (non-hydrogen) atoms. The molecule has 1 nitrogen and oxygen atoms in total. The Bertz CT molecular complexity index is 401. The molecular formula is C15H15FO. The molecule has 2 aromatic carbocycles. The molecule has 0 radical (unpaired) electrons. The average Bonchev–Trinajstić information content (AvgIpc) is 2.41. The lowest BCUT2D eigenvalue weighted by molar-refractivity contribution is 0.124. The zero-order valence-electron chi connectivity index (χ0n) is 9.46. The van der Waals surface area contributed by atoms with Crippen molar-refractivity contribution in [3.05, 3.63) is 71.8 Å². The first kappa shape index (κ1) is 11.8. The molecule has 0 amide bonds. The van der Waals surface area contributed by atoms with E-state index in [4.69, 9.17) is 0 Å². The van der Waals surface area contributed by atoms with Crippen LogP contribution in [0.1, 0.15) is 17.0 Å². The molecule has 0 aromatic heterocycles. The van der Waals surface area contributed by atoms with E-state index in [9.17, 15) is 9.50 Å². The summed E-state index contributed by atoms with van der Waals surface area (Å²) in [5.74, 6) is -0.303. The molecule has 0 aliphatic rings. The van der Waals surface area contributed by atoms with Gasteiger partial charge in [-0.25, -0.2) is 4.39 Å². The monoisotopic (exact) mass is 230 g/mol. The first-order valence-corrected chi connectivity index (χ1v) is 5.67. The predicted octanol–water partition coefficient (Wildman–Crippen LogP) is 3.15. The molecule has 0 spiro atoms. The second-order valence-electron chi connectivity index (χ2n) is 4.02. The summed E-state index contributed by atoms with van der Waals surface area (Å²) in [5.41, 5.74) is 1.87. The minimum absolute atomic E-state index is 0.303. The summed E-state index contributed by atoms with van der Waals surface area (Å²) >= 11 is 0. The van der Waals surface area contributed by atoms with E-state index in [1.54, 1.807) is 0 Å². The van der Waals surface area contributed by atoms with Gasteiger partial charge in [-0.2, -0.15) is 0 Å². The third-order valence-electron chi connectivity index (χ3n) is 2.86. The molecule has 0 saturated carbocycles. The highest BCUT2D eigenvalue weighted by Crippen LogP contribution is 2.28. The van der Waals surface area contributed by atoms with Gasteiger partial charge in [0.25, 0.3) is 0 Å². The third kappa shape index (κ3) is 2.71. The lowest BCUT2D eigenvalue weighted by atomic mass is 9.87. The molecule has 0 saturated heterocycles. The Morgan fingerprint density at radius 2 is 1.24 bits per heavy atom. The summed E-state index contributed by atoms with van der Waals surface area (Å²) in [6, 6.07) is 19.1. The largest absolute Gasteiger partial charge is 0.389 e. The minimum Gasteiger partial charge on any atom is -0.389 e. The number of rotatable bonds is 4. The van der Waals surface area contributed by atoms with Crippen LogP contribution in [0.25, 0.3) is 0 Å². The Labute approximate surface area is 101 Å². The second kappa shape index (κ2) is 5.60. The molecule has 0 aliphatic heterocycles. The van der Waals surface area contributed by atoms with Crippen molar-refractivity contribution in [3.63, 3.8) is 0 Å². The summed E-state index contributed by atoms with van der Waals surface area (Å²) in [5, 5.41) is 9.85. The van der Waals surface area contributed by atoms with E-state index in [1.807, 2.05) is 60.7 Å². The van der Waals surface area contributed by atoms with Gasteiger partial charge in [0.1, 0.15) is 6.67 Å². The van der Waals surface area contributed by atoms with Gasteiger partial charge >= 0.3 is 0 Å². The molecule has 0 heterocycles. The van der Waals surface area contributed by atoms with Crippen molar-refractivity contribution in [2.24, 2.45) is 0 Å². The molecule has 2 rings (SSSR count). The molecule has 1 N–H and O–H groups in total. The number of aliphatic hydroxyl groups is 1. The molecule has 0 aliphatic carbocycles. The highest BCUT2D eigenvalue weighted by atomic mass is 19.1. The maximum atomic E-state index is 12.8. The topological polar surface area (TPSA) is 20.2 Å². The highest BCUT2D eigenvalue weighted by molar-refractivity contribution is 5.33. The van der Waals surface area contributed by atoms with Gasteiger partial charge in [0.2, 0.25) is 0 Å². The Balaban J connectivity index is 2.39. The van der Waals surface area contributed by atoms with Crippen LogP contribution in [0.15, 0.2) is 60.7 Å². The van der Waals surface area contributed by atoms with Crippen molar-refractivity contribution >= 4 is 0 Å². The van der Waals surface area contributed by atoms with Crippen molar-refractivity contribution in [2.75, 3.05) is 6.67 Å². The van der Waals surface area contributed by atoms with Crippen molar-refractivity contribution in [2.45, 2.75) is 12.0 Å². The standard InChI is InChI=1S/C15H15FO/c16-11-14(17)15(12-7-3-1-4-8-12)13-9-5-2-6-10-13/h1-10,14-15,17H,11H2. The first-order chi connectivity index (χ1) is 8.33. The van der Waals surface area contributed by atoms with Crippen LogP contribution in [-0.4, -0.2) is 17.9 Å². The fraction of sp³-hybridized carbons (Fsp3) is 0.200. The van der Waals surface area contributed by atoms with E-state index in [2.05, 4.69) is 0 Å². The third-order valence-corrected chi connectivity index (χ3v) is 2.86. The van der Waals surface area contributed by atoms with Gasteiger partial charge < -0.3 is 5.11 Å². The van der Waals surface area contributed by atoms with Gasteiger partial charge in [0.15, 0.2) is 0 Å². The normalized spacial score (nSPS) is 12.6. The second-order valence-corrected chi connectivity index (χ2v) is 4.02. The molecular weight excluding hydrogens is 215 g/mol. The SMILES string of the molecule is OC(CF)C(c1ccccc1)c1ccccc1. The Kier molecular flexibility index (Phi) is 3.89. The molecule has 2 heteroatoms. The number of hydrogen-bond acceptors (Lipinski definition) is 1. The lowest BCUT2D eigenvalue weighted by Gasteiger charge is -2.21. The highest BCUT2D eigenvalue weighted by Gasteiger charge is 2.22. The van der Waals surface area contributed by atoms with Crippen molar-refractivity contribution in [1.29, 1.82) is 0 Å². The number of alkyl halides is 1. The van der Waals surface area contributed by atoms with Gasteiger partial charge in [-0.15, -0.1) is 0 Å². The summed E-state index contributed by atoms with van der Waals surface area (Å²) < 4.78 is 12.8. The number of hydrogen-bond donors (Lipinski definition) is 1. The molecule has 1 unspecified atom stereocenters. The average molecular weight is 230 g/mol. The van der Waals surface area contributed by atoms with Crippen LogP contribution < -0.4 is 0 Å². The van der Waals surface area contributed by atoms with Gasteiger partial charge in [-0.3, -0.25) is 0 Å². The van der Waals surface area contributed by atoms with Crippen LogP contribution in [0.3, 0.4) is 0 Å². The van der Waals surface area contributed by atoms with E-state index in [0.29, 0.717) is 0 Å². The predicted molar refractivity (Wildman–Crippen MR) is 66.7 cm³/mol. The maximum Gasteiger partial charge on any atom is 0.116 e. The van der Waals surface area contributed by atoms with Crippen LogP contribution in [0.4, 0.5) is 4.39 Å². The summed E-state index contributed by atoms with van der Waals surface area (Å²) in [6.45, 7) is -0.742. The van der Waals surface area contributed by atoms with Crippen LogP contribution in [0.5, 0.6) is 0 Å². The van der Waals surface area contributed by atoms with Gasteiger partial charge in [0, 0.05) is 5.92 Å². The van der Waals surface area contributed by atoms with Crippen molar-refractivity contribution < 1.29 is 9.50 Å². The first-order valence-electron chi connectivity index (χ1n) is 5.67. The summed E-state index contributed by atoms with van der Waals surface area (Å²) in [6.07, 6.45) is -1.00. The number of benzene rings is 2. The van der Waals surface area contributed by atoms with E-state index in [0.717, 1.165) is 11.1 Å². The van der Waals surface area contributed by atoms with Gasteiger partial charge in [-0.1, -0.05) is 60.7 Å².